The highest BCUT2D eigenvalue weighted by atomic mass is 31.2. The fourth-order valence-electron chi connectivity index (χ4n) is 2.54. The quantitative estimate of drug-likeness (QED) is 0.0955. The van der Waals surface area contributed by atoms with Crippen molar-refractivity contribution in [1.29, 1.82) is 0 Å². The molecule has 0 unspecified atom stereocenters. The summed E-state index contributed by atoms with van der Waals surface area (Å²) in [5, 5.41) is 0. The van der Waals surface area contributed by atoms with E-state index >= 15 is 0 Å². The number of rotatable bonds is 20. The molecule has 0 spiro atoms. The first kappa shape index (κ1) is 29.6. The summed E-state index contributed by atoms with van der Waals surface area (Å²) in [7, 11) is -3.00. The van der Waals surface area contributed by atoms with Crippen LogP contribution in [-0.2, 0) is 32.7 Å². The van der Waals surface area contributed by atoms with Crippen LogP contribution in [0.3, 0.4) is 0 Å². The lowest BCUT2D eigenvalue weighted by Gasteiger charge is -2.14. The maximum atomic E-state index is 12.2. The van der Waals surface area contributed by atoms with E-state index in [1.54, 1.807) is 13.8 Å². The predicted octanol–water partition coefficient (Wildman–Crippen LogP) is 5.98. The molecule has 8 heteroatoms. The molecule has 0 aromatic heterocycles. The Morgan fingerprint density at radius 1 is 0.613 bits per heavy atom. The molecular formula is C23H41O7P. The minimum absolute atomic E-state index is 0.339. The SMILES string of the molecule is C=C(C)C(=O)OCCCCCCCOP(C)(=O)OCCCCCCCOC(=O)C(=C)C. The lowest BCUT2D eigenvalue weighted by atomic mass is 10.1. The van der Waals surface area contributed by atoms with E-state index in [2.05, 4.69) is 13.2 Å². The van der Waals surface area contributed by atoms with Crippen molar-refractivity contribution >= 4 is 19.5 Å². The summed E-state index contributed by atoms with van der Waals surface area (Å²) in [6, 6.07) is 0. The third kappa shape index (κ3) is 19.0. The Bertz CT molecular complexity index is 553. The van der Waals surface area contributed by atoms with Gasteiger partial charge in [-0.1, -0.05) is 51.7 Å². The van der Waals surface area contributed by atoms with E-state index in [4.69, 9.17) is 18.5 Å². The maximum absolute atomic E-state index is 12.2. The Hall–Kier alpha value is -1.43. The predicted molar refractivity (Wildman–Crippen MR) is 123 cm³/mol. The summed E-state index contributed by atoms with van der Waals surface area (Å²) >= 11 is 0. The summed E-state index contributed by atoms with van der Waals surface area (Å²) in [6.07, 6.45) is 9.20. The fourth-order valence-corrected chi connectivity index (χ4v) is 3.54. The Morgan fingerprint density at radius 2 is 0.903 bits per heavy atom. The molecule has 0 aromatic carbocycles. The van der Waals surface area contributed by atoms with Crippen LogP contribution in [0.15, 0.2) is 24.3 Å². The number of carbonyl (C=O) groups excluding carboxylic acids is 2. The molecule has 0 aliphatic carbocycles. The highest BCUT2D eigenvalue weighted by Gasteiger charge is 2.16. The number of ether oxygens (including phenoxy) is 2. The zero-order valence-electron chi connectivity index (χ0n) is 19.6. The van der Waals surface area contributed by atoms with Gasteiger partial charge in [0.25, 0.3) is 0 Å². The largest absolute Gasteiger partial charge is 0.462 e. The van der Waals surface area contributed by atoms with Crippen molar-refractivity contribution in [3.05, 3.63) is 24.3 Å². The van der Waals surface area contributed by atoms with E-state index in [1.165, 1.54) is 6.66 Å². The van der Waals surface area contributed by atoms with Crippen LogP contribution in [0, 0.1) is 0 Å². The van der Waals surface area contributed by atoms with Crippen molar-refractivity contribution in [2.45, 2.75) is 78.1 Å². The van der Waals surface area contributed by atoms with Crippen LogP contribution in [0.1, 0.15) is 78.1 Å². The van der Waals surface area contributed by atoms with E-state index in [-0.39, 0.29) is 11.9 Å². The molecule has 7 nitrogen and oxygen atoms in total. The van der Waals surface area contributed by atoms with Crippen molar-refractivity contribution in [2.75, 3.05) is 33.1 Å². The smallest absolute Gasteiger partial charge is 0.333 e. The summed E-state index contributed by atoms with van der Waals surface area (Å²) in [5.74, 6) is -0.678. The third-order valence-corrected chi connectivity index (χ3v) is 5.70. The van der Waals surface area contributed by atoms with Gasteiger partial charge in [0, 0.05) is 17.8 Å². The Balaban J connectivity index is 3.48. The molecule has 0 N–H and O–H groups in total. The first-order valence-corrected chi connectivity index (χ1v) is 13.2. The van der Waals surface area contributed by atoms with Crippen LogP contribution in [0.5, 0.6) is 0 Å². The van der Waals surface area contributed by atoms with E-state index < -0.39 is 7.60 Å². The molecule has 0 rings (SSSR count). The van der Waals surface area contributed by atoms with Gasteiger partial charge in [-0.3, -0.25) is 4.57 Å². The fraction of sp³-hybridized carbons (Fsp3) is 0.739. The van der Waals surface area contributed by atoms with Crippen LogP contribution in [0.25, 0.3) is 0 Å². The van der Waals surface area contributed by atoms with Gasteiger partial charge in [-0.2, -0.15) is 0 Å². The lowest BCUT2D eigenvalue weighted by Crippen LogP contribution is -2.06. The standard InChI is InChI=1S/C23H41O7P/c1-20(2)22(24)27-16-12-8-6-10-14-18-29-31(5,26)30-19-15-11-7-9-13-17-28-23(25)21(3)4/h1,3,6-19H2,2,4-5H3. The number of hydrogen-bond donors (Lipinski definition) is 0. The van der Waals surface area contributed by atoms with E-state index in [9.17, 15) is 14.2 Å². The van der Waals surface area contributed by atoms with Gasteiger partial charge >= 0.3 is 19.5 Å². The molecule has 0 heterocycles. The van der Waals surface area contributed by atoms with Gasteiger partial charge in [0.05, 0.1) is 26.4 Å². The molecule has 0 saturated heterocycles. The molecule has 0 radical (unpaired) electrons. The number of carbonyl (C=O) groups is 2. The summed E-state index contributed by atoms with van der Waals surface area (Å²) in [6.45, 7) is 13.5. The molecule has 0 aliphatic heterocycles. The van der Waals surface area contributed by atoms with Gasteiger partial charge < -0.3 is 18.5 Å². The third-order valence-electron chi connectivity index (χ3n) is 4.39. The first-order valence-electron chi connectivity index (χ1n) is 11.2. The average molecular weight is 461 g/mol. The summed E-state index contributed by atoms with van der Waals surface area (Å²) in [5.41, 5.74) is 0.837. The van der Waals surface area contributed by atoms with Crippen molar-refractivity contribution < 1.29 is 32.7 Å². The topological polar surface area (TPSA) is 88.1 Å². The van der Waals surface area contributed by atoms with Crippen molar-refractivity contribution in [3.8, 4) is 0 Å². The minimum Gasteiger partial charge on any atom is -0.462 e. The minimum atomic E-state index is -3.00. The van der Waals surface area contributed by atoms with Crippen LogP contribution in [-0.4, -0.2) is 45.0 Å². The van der Waals surface area contributed by atoms with Crippen LogP contribution >= 0.6 is 7.60 Å². The Kier molecular flexibility index (Phi) is 17.3. The summed E-state index contributed by atoms with van der Waals surface area (Å²) < 4.78 is 33.1. The van der Waals surface area contributed by atoms with Crippen molar-refractivity contribution in [2.24, 2.45) is 0 Å². The van der Waals surface area contributed by atoms with Crippen LogP contribution in [0.2, 0.25) is 0 Å². The zero-order valence-corrected chi connectivity index (χ0v) is 20.5. The second kappa shape index (κ2) is 18.2. The average Bonchev–Trinajstić information content (AvgIpc) is 2.70. The van der Waals surface area contributed by atoms with Gasteiger partial charge in [0.15, 0.2) is 0 Å². The lowest BCUT2D eigenvalue weighted by molar-refractivity contribution is -0.139. The van der Waals surface area contributed by atoms with Gasteiger partial charge in [0.2, 0.25) is 0 Å². The van der Waals surface area contributed by atoms with Gasteiger partial charge in [-0.25, -0.2) is 9.59 Å². The molecule has 0 fully saturated rings. The first-order chi connectivity index (χ1) is 14.7. The normalized spacial score (nSPS) is 11.2. The van der Waals surface area contributed by atoms with Crippen molar-refractivity contribution in [1.82, 2.24) is 0 Å². The molecule has 0 amide bonds. The number of unbranched alkanes of at least 4 members (excludes halogenated alkanes) is 8. The van der Waals surface area contributed by atoms with Gasteiger partial charge in [0.1, 0.15) is 0 Å². The molecule has 180 valence electrons. The molecule has 0 aromatic rings. The molecule has 0 atom stereocenters. The van der Waals surface area contributed by atoms with E-state index in [1.807, 2.05) is 0 Å². The number of hydrogen-bond acceptors (Lipinski definition) is 7. The van der Waals surface area contributed by atoms with Crippen LogP contribution in [0.4, 0.5) is 0 Å². The van der Waals surface area contributed by atoms with Gasteiger partial charge in [-0.15, -0.1) is 0 Å². The molecule has 0 aliphatic rings. The second-order valence-corrected chi connectivity index (χ2v) is 9.86. The molecule has 31 heavy (non-hydrogen) atoms. The van der Waals surface area contributed by atoms with Gasteiger partial charge in [-0.05, 0) is 39.5 Å². The molecule has 0 bridgehead atoms. The van der Waals surface area contributed by atoms with Crippen LogP contribution < -0.4 is 0 Å². The van der Waals surface area contributed by atoms with Crippen molar-refractivity contribution in [3.63, 3.8) is 0 Å². The maximum Gasteiger partial charge on any atom is 0.333 e. The highest BCUT2D eigenvalue weighted by molar-refractivity contribution is 7.52. The molecular weight excluding hydrogens is 419 g/mol. The van der Waals surface area contributed by atoms with E-state index in [0.717, 1.165) is 64.2 Å². The second-order valence-electron chi connectivity index (χ2n) is 7.81. The Morgan fingerprint density at radius 3 is 1.23 bits per heavy atom. The number of esters is 2. The highest BCUT2D eigenvalue weighted by Crippen LogP contribution is 2.44. The monoisotopic (exact) mass is 460 g/mol. The van der Waals surface area contributed by atoms with E-state index in [0.29, 0.717) is 37.6 Å². The zero-order chi connectivity index (χ0) is 23.5. The molecule has 0 saturated carbocycles. The summed E-state index contributed by atoms with van der Waals surface area (Å²) in [4.78, 5) is 22.4. The Labute approximate surface area is 188 Å².